The van der Waals surface area contributed by atoms with Crippen molar-refractivity contribution in [3.05, 3.63) is 0 Å². The number of carbonyl (C=O) groups is 1. The molecule has 1 amide bonds. The second kappa shape index (κ2) is 3.93. The summed E-state index contributed by atoms with van der Waals surface area (Å²) in [7, 11) is 0. The number of carbonyl (C=O) groups excluding carboxylic acids is 1. The summed E-state index contributed by atoms with van der Waals surface area (Å²) in [5.74, 6) is -0.232. The maximum absolute atomic E-state index is 10.1. The molecule has 0 aliphatic rings. The fourth-order valence-corrected chi connectivity index (χ4v) is 0.341. The Morgan fingerprint density at radius 1 is 1.86 bits per heavy atom. The van der Waals surface area contributed by atoms with Crippen LogP contribution < -0.4 is 4.84 Å². The van der Waals surface area contributed by atoms with Crippen LogP contribution in [0.5, 0.6) is 0 Å². The van der Waals surface area contributed by atoms with Crippen molar-refractivity contribution in [2.24, 2.45) is 0 Å². The first-order valence-electron chi connectivity index (χ1n) is 2.16. The molecule has 0 aromatic rings. The molecule has 0 saturated carbocycles. The molecule has 0 spiro atoms. The van der Waals surface area contributed by atoms with E-state index >= 15 is 0 Å². The summed E-state index contributed by atoms with van der Waals surface area (Å²) < 4.78 is 0. The van der Waals surface area contributed by atoms with Crippen LogP contribution in [-0.2, 0) is 4.79 Å². The van der Waals surface area contributed by atoms with E-state index in [4.69, 9.17) is 11.8 Å². The second-order valence-electron chi connectivity index (χ2n) is 1.23. The van der Waals surface area contributed by atoms with Crippen LogP contribution in [0.3, 0.4) is 0 Å². The van der Waals surface area contributed by atoms with E-state index in [1.54, 1.807) is 0 Å². The normalized spacial score (nSPS) is 8.29. The van der Waals surface area contributed by atoms with Crippen molar-refractivity contribution in [2.75, 3.05) is 0 Å². The zero-order valence-electron chi connectivity index (χ0n) is 4.15. The molecule has 0 saturated heterocycles. The second-order valence-corrected chi connectivity index (χ2v) is 1.40. The highest BCUT2D eigenvalue weighted by molar-refractivity contribution is 6.20. The fourth-order valence-electron chi connectivity index (χ4n) is 0.256. The zero-order chi connectivity index (χ0) is 5.70. The van der Waals surface area contributed by atoms with Crippen LogP contribution in [0.15, 0.2) is 0 Å². The van der Waals surface area contributed by atoms with Crippen LogP contribution in [0.1, 0.15) is 19.8 Å². The molecular formula is C4H7ClNO. The Labute approximate surface area is 48.0 Å². The fraction of sp³-hybridized carbons (Fsp3) is 0.750. The molecule has 0 heterocycles. The first-order chi connectivity index (χ1) is 3.31. The third kappa shape index (κ3) is 3.59. The predicted octanol–water partition coefficient (Wildman–Crippen LogP) is 1.07. The van der Waals surface area contributed by atoms with Crippen molar-refractivity contribution in [3.8, 4) is 0 Å². The van der Waals surface area contributed by atoms with Gasteiger partial charge in [0, 0.05) is 18.2 Å². The van der Waals surface area contributed by atoms with Gasteiger partial charge >= 0.3 is 0 Å². The topological polar surface area (TPSA) is 31.2 Å². The molecule has 0 aliphatic heterocycles. The van der Waals surface area contributed by atoms with E-state index in [1.807, 2.05) is 6.92 Å². The van der Waals surface area contributed by atoms with Gasteiger partial charge in [-0.3, -0.25) is 4.79 Å². The van der Waals surface area contributed by atoms with E-state index < -0.39 is 0 Å². The van der Waals surface area contributed by atoms with Gasteiger partial charge in [0.25, 0.3) is 5.91 Å². The molecule has 3 heteroatoms. The number of hydrogen-bond acceptors (Lipinski definition) is 1. The minimum absolute atomic E-state index is 0.232. The number of halogens is 1. The van der Waals surface area contributed by atoms with E-state index in [9.17, 15) is 4.79 Å². The van der Waals surface area contributed by atoms with Crippen molar-refractivity contribution in [1.82, 2.24) is 4.84 Å². The molecule has 0 aliphatic carbocycles. The van der Waals surface area contributed by atoms with E-state index in [-0.39, 0.29) is 5.91 Å². The van der Waals surface area contributed by atoms with Crippen LogP contribution in [0.4, 0.5) is 0 Å². The Hall–Kier alpha value is -0.240. The number of rotatable bonds is 2. The van der Waals surface area contributed by atoms with Gasteiger partial charge in [-0.1, -0.05) is 6.92 Å². The molecule has 0 bridgehead atoms. The van der Waals surface area contributed by atoms with Crippen molar-refractivity contribution in [1.29, 1.82) is 0 Å². The quantitative estimate of drug-likeness (QED) is 0.536. The molecular weight excluding hydrogens is 114 g/mol. The molecule has 0 fully saturated rings. The highest BCUT2D eigenvalue weighted by atomic mass is 35.5. The number of nitrogens with zero attached hydrogens (tertiary/aromatic N) is 1. The summed E-state index contributed by atoms with van der Waals surface area (Å²) in [4.78, 5) is 13.0. The minimum Gasteiger partial charge on any atom is -0.272 e. The largest absolute Gasteiger partial charge is 0.272 e. The maximum atomic E-state index is 10.1. The SMILES string of the molecule is CCCC(=O)[N]Cl. The first-order valence-corrected chi connectivity index (χ1v) is 2.50. The van der Waals surface area contributed by atoms with Gasteiger partial charge < -0.3 is 0 Å². The lowest BCUT2D eigenvalue weighted by molar-refractivity contribution is -0.119. The average molecular weight is 121 g/mol. The molecule has 1 radical (unpaired) electrons. The first kappa shape index (κ1) is 6.76. The third-order valence-electron chi connectivity index (χ3n) is 0.558. The smallest absolute Gasteiger partial charge is 0.257 e. The van der Waals surface area contributed by atoms with Gasteiger partial charge in [0.1, 0.15) is 0 Å². The summed E-state index contributed by atoms with van der Waals surface area (Å²) in [5, 5.41) is 0. The Kier molecular flexibility index (Phi) is 3.80. The van der Waals surface area contributed by atoms with Crippen molar-refractivity contribution < 1.29 is 4.79 Å². The van der Waals surface area contributed by atoms with Gasteiger partial charge in [0.05, 0.1) is 0 Å². The van der Waals surface area contributed by atoms with E-state index in [1.165, 1.54) is 0 Å². The molecule has 0 aromatic heterocycles. The number of amides is 1. The molecule has 0 N–H and O–H groups in total. The van der Waals surface area contributed by atoms with Crippen LogP contribution >= 0.6 is 11.8 Å². The summed E-state index contributed by atoms with van der Waals surface area (Å²) in [6, 6.07) is 0. The highest BCUT2D eigenvalue weighted by Crippen LogP contribution is 1.86. The monoisotopic (exact) mass is 120 g/mol. The molecule has 0 atom stereocenters. The lowest BCUT2D eigenvalue weighted by atomic mass is 10.3. The highest BCUT2D eigenvalue weighted by Gasteiger charge is 1.94. The number of hydrogen-bond donors (Lipinski definition) is 0. The van der Waals surface area contributed by atoms with Gasteiger partial charge in [0.15, 0.2) is 0 Å². The predicted molar refractivity (Wildman–Crippen MR) is 27.9 cm³/mol. The van der Waals surface area contributed by atoms with Gasteiger partial charge in [-0.15, -0.1) is 4.84 Å². The molecule has 0 unspecified atom stereocenters. The lowest BCUT2D eigenvalue weighted by Crippen LogP contribution is -2.02. The van der Waals surface area contributed by atoms with Crippen LogP contribution in [-0.4, -0.2) is 5.91 Å². The van der Waals surface area contributed by atoms with Gasteiger partial charge in [-0.2, -0.15) is 0 Å². The molecule has 0 rings (SSSR count). The van der Waals surface area contributed by atoms with Crippen molar-refractivity contribution in [3.63, 3.8) is 0 Å². The lowest BCUT2D eigenvalue weighted by Gasteiger charge is -1.85. The minimum atomic E-state index is -0.232. The van der Waals surface area contributed by atoms with Crippen molar-refractivity contribution >= 4 is 17.7 Å². The van der Waals surface area contributed by atoms with Gasteiger partial charge in [0.2, 0.25) is 0 Å². The zero-order valence-corrected chi connectivity index (χ0v) is 4.90. The van der Waals surface area contributed by atoms with Crippen molar-refractivity contribution in [2.45, 2.75) is 19.8 Å². The molecule has 0 aromatic carbocycles. The molecule has 7 heavy (non-hydrogen) atoms. The van der Waals surface area contributed by atoms with Crippen LogP contribution in [0.2, 0.25) is 0 Å². The standard InChI is InChI=1S/C4H7ClNO/c1-2-3-4(7)6-5/h2-3H2,1H3. The molecule has 2 nitrogen and oxygen atoms in total. The van der Waals surface area contributed by atoms with Gasteiger partial charge in [-0.05, 0) is 6.42 Å². The molecule has 41 valence electrons. The van der Waals surface area contributed by atoms with Crippen LogP contribution in [0.25, 0.3) is 0 Å². The average Bonchev–Trinajstić information content (AvgIpc) is 1.68. The Morgan fingerprint density at radius 2 is 2.43 bits per heavy atom. The summed E-state index contributed by atoms with van der Waals surface area (Å²) in [6.07, 6.45) is 1.28. The van der Waals surface area contributed by atoms with E-state index in [2.05, 4.69) is 4.84 Å². The van der Waals surface area contributed by atoms with Gasteiger partial charge in [-0.25, -0.2) is 0 Å². The van der Waals surface area contributed by atoms with E-state index in [0.29, 0.717) is 6.42 Å². The third-order valence-corrected chi connectivity index (χ3v) is 0.747. The van der Waals surface area contributed by atoms with Crippen LogP contribution in [0, 0.1) is 0 Å². The Bertz CT molecular complexity index is 64.7. The summed E-state index contributed by atoms with van der Waals surface area (Å²) in [5.41, 5.74) is 0. The van der Waals surface area contributed by atoms with E-state index in [0.717, 1.165) is 6.42 Å². The summed E-state index contributed by atoms with van der Waals surface area (Å²) in [6.45, 7) is 1.90. The Morgan fingerprint density at radius 3 is 2.57 bits per heavy atom. The summed E-state index contributed by atoms with van der Waals surface area (Å²) >= 11 is 4.81. The Balaban J connectivity index is 3.00. The maximum Gasteiger partial charge on any atom is 0.257 e.